The molecule has 4 rings (SSSR count). The number of halogens is 2. The SMILES string of the molecule is COc1ccc2c(c1)CCC(C(=O)C1CC(C(=O)O)C1)N2C(=O)Nc1cc(F)c([Si](C)(C)C)c(F)c1. The number of anilines is 2. The number of carbonyl (C=O) groups is 3. The minimum absolute atomic E-state index is 0.0431. The van der Waals surface area contributed by atoms with Crippen LogP contribution in [-0.4, -0.2) is 44.1 Å². The predicted octanol–water partition coefficient (Wildman–Crippen LogP) is 4.55. The van der Waals surface area contributed by atoms with E-state index in [9.17, 15) is 28.3 Å². The molecule has 2 aromatic carbocycles. The molecule has 2 N–H and O–H groups in total. The quantitative estimate of drug-likeness (QED) is 0.549. The van der Waals surface area contributed by atoms with Gasteiger partial charge in [-0.1, -0.05) is 19.6 Å². The van der Waals surface area contributed by atoms with Gasteiger partial charge >= 0.3 is 12.0 Å². The summed E-state index contributed by atoms with van der Waals surface area (Å²) in [7, 11) is -0.764. The highest BCUT2D eigenvalue weighted by Crippen LogP contribution is 2.40. The zero-order valence-corrected chi connectivity index (χ0v) is 21.7. The molecule has 36 heavy (non-hydrogen) atoms. The molecule has 1 unspecified atom stereocenters. The first-order valence-electron chi connectivity index (χ1n) is 11.9. The molecule has 192 valence electrons. The maximum Gasteiger partial charge on any atom is 0.327 e. The molecule has 1 fully saturated rings. The highest BCUT2D eigenvalue weighted by Gasteiger charge is 2.45. The van der Waals surface area contributed by atoms with Crippen LogP contribution in [0.3, 0.4) is 0 Å². The lowest BCUT2D eigenvalue weighted by Crippen LogP contribution is -2.53. The lowest BCUT2D eigenvalue weighted by atomic mass is 9.70. The number of Topliss-reactive ketones (excluding diaryl/α,β-unsaturated/α-hetero) is 1. The standard InChI is InChI=1S/C26H30F2N2O5Si/c1-35-18-6-8-21-14(11-18)5-7-22(23(31)15-9-16(10-15)25(32)33)30(21)26(34)29-17-12-19(27)24(20(28)13-17)36(2,3)4/h6,8,11-13,15-16,22H,5,7,9-10H2,1-4H3,(H,29,34)(H,32,33). The van der Waals surface area contributed by atoms with E-state index in [0.717, 1.165) is 17.7 Å². The van der Waals surface area contributed by atoms with Crippen molar-refractivity contribution in [2.24, 2.45) is 11.8 Å². The van der Waals surface area contributed by atoms with E-state index in [0.29, 0.717) is 24.3 Å². The van der Waals surface area contributed by atoms with Crippen LogP contribution in [0.15, 0.2) is 30.3 Å². The van der Waals surface area contributed by atoms with Crippen LogP contribution in [0, 0.1) is 23.5 Å². The molecule has 1 aliphatic carbocycles. The Morgan fingerprint density at radius 2 is 1.69 bits per heavy atom. The normalized spacial score (nSPS) is 21.3. The van der Waals surface area contributed by atoms with E-state index in [-0.39, 0.29) is 29.5 Å². The van der Waals surface area contributed by atoms with Gasteiger partial charge in [0.25, 0.3) is 0 Å². The third kappa shape index (κ3) is 4.86. The second-order valence-electron chi connectivity index (χ2n) is 10.5. The molecule has 7 nitrogen and oxygen atoms in total. The van der Waals surface area contributed by atoms with Crippen molar-refractivity contribution >= 4 is 42.4 Å². The fourth-order valence-corrected chi connectivity index (χ4v) is 6.68. The van der Waals surface area contributed by atoms with Crippen LogP contribution in [0.5, 0.6) is 5.75 Å². The Morgan fingerprint density at radius 1 is 1.06 bits per heavy atom. The molecule has 2 amide bonds. The number of ether oxygens (including phenoxy) is 1. The number of nitrogens with zero attached hydrogens (tertiary/aromatic N) is 1. The maximum atomic E-state index is 14.8. The van der Waals surface area contributed by atoms with E-state index in [2.05, 4.69) is 5.32 Å². The number of aliphatic carboxylic acids is 1. The van der Waals surface area contributed by atoms with Gasteiger partial charge in [-0.05, 0) is 61.6 Å². The summed E-state index contributed by atoms with van der Waals surface area (Å²) >= 11 is 0. The van der Waals surface area contributed by atoms with Gasteiger partial charge in [0.05, 0.1) is 27.1 Å². The van der Waals surface area contributed by atoms with Gasteiger partial charge < -0.3 is 15.2 Å². The molecule has 0 spiro atoms. The zero-order chi connectivity index (χ0) is 26.4. The van der Waals surface area contributed by atoms with Gasteiger partial charge in [0.15, 0.2) is 5.78 Å². The van der Waals surface area contributed by atoms with E-state index >= 15 is 0 Å². The van der Waals surface area contributed by atoms with Crippen LogP contribution in [0.1, 0.15) is 24.8 Å². The molecule has 1 saturated carbocycles. The van der Waals surface area contributed by atoms with Gasteiger partial charge in [-0.25, -0.2) is 13.6 Å². The van der Waals surface area contributed by atoms with Crippen molar-refractivity contribution in [2.75, 3.05) is 17.3 Å². The number of hydrogen-bond donors (Lipinski definition) is 2. The van der Waals surface area contributed by atoms with E-state index in [4.69, 9.17) is 4.74 Å². The first-order valence-corrected chi connectivity index (χ1v) is 15.4. The average Bonchev–Trinajstić information content (AvgIpc) is 2.74. The Hall–Kier alpha value is -3.27. The van der Waals surface area contributed by atoms with Crippen molar-refractivity contribution in [1.82, 2.24) is 0 Å². The van der Waals surface area contributed by atoms with Gasteiger partial charge in [0.1, 0.15) is 17.4 Å². The molecule has 10 heteroatoms. The molecular formula is C26H30F2N2O5Si. The molecule has 1 aliphatic heterocycles. The molecule has 2 aromatic rings. The predicted molar refractivity (Wildman–Crippen MR) is 135 cm³/mol. The average molecular weight is 517 g/mol. The molecule has 0 saturated heterocycles. The Bertz CT molecular complexity index is 1200. The lowest BCUT2D eigenvalue weighted by Gasteiger charge is -2.40. The summed E-state index contributed by atoms with van der Waals surface area (Å²) in [5, 5.41) is 11.8. The van der Waals surface area contributed by atoms with Gasteiger partial charge in [0, 0.05) is 22.5 Å². The number of benzene rings is 2. The minimum atomic E-state index is -2.30. The number of ketones is 1. The van der Waals surface area contributed by atoms with Crippen molar-refractivity contribution in [3.63, 3.8) is 0 Å². The van der Waals surface area contributed by atoms with E-state index in [1.165, 1.54) is 12.0 Å². The second kappa shape index (κ2) is 9.65. The fourth-order valence-electron chi connectivity index (χ4n) is 5.10. The monoisotopic (exact) mass is 516 g/mol. The Morgan fingerprint density at radius 3 is 2.25 bits per heavy atom. The summed E-state index contributed by atoms with van der Waals surface area (Å²) < 4.78 is 34.9. The van der Waals surface area contributed by atoms with Crippen molar-refractivity contribution in [1.29, 1.82) is 0 Å². The zero-order valence-electron chi connectivity index (χ0n) is 20.7. The first-order chi connectivity index (χ1) is 16.9. The summed E-state index contributed by atoms with van der Waals surface area (Å²) in [6.45, 7) is 5.49. The van der Waals surface area contributed by atoms with Gasteiger partial charge in [0.2, 0.25) is 0 Å². The number of rotatable bonds is 6. The topological polar surface area (TPSA) is 95.9 Å². The Balaban J connectivity index is 1.65. The fraction of sp³-hybridized carbons (Fsp3) is 0.423. The number of carboxylic acid groups (broad SMARTS) is 1. The van der Waals surface area contributed by atoms with Gasteiger partial charge in [-0.3, -0.25) is 14.5 Å². The number of fused-ring (bicyclic) bond motifs is 1. The number of carboxylic acids is 1. The van der Waals surface area contributed by atoms with Crippen LogP contribution >= 0.6 is 0 Å². The van der Waals surface area contributed by atoms with E-state index < -0.39 is 49.6 Å². The summed E-state index contributed by atoms with van der Waals surface area (Å²) in [5.41, 5.74) is 1.27. The summed E-state index contributed by atoms with van der Waals surface area (Å²) in [6, 6.07) is 5.86. The van der Waals surface area contributed by atoms with Crippen molar-refractivity contribution in [2.45, 2.75) is 51.4 Å². The van der Waals surface area contributed by atoms with Gasteiger partial charge in [-0.15, -0.1) is 0 Å². The second-order valence-corrected chi connectivity index (χ2v) is 15.5. The van der Waals surface area contributed by atoms with Crippen LogP contribution in [0.25, 0.3) is 0 Å². The number of urea groups is 1. The molecule has 2 aliphatic rings. The minimum Gasteiger partial charge on any atom is -0.497 e. The van der Waals surface area contributed by atoms with E-state index in [1.54, 1.807) is 18.2 Å². The Labute approximate surface area is 209 Å². The summed E-state index contributed by atoms with van der Waals surface area (Å²) in [5.74, 6) is -2.95. The van der Waals surface area contributed by atoms with Gasteiger partial charge in [-0.2, -0.15) is 0 Å². The van der Waals surface area contributed by atoms with Crippen LogP contribution in [0.2, 0.25) is 19.6 Å². The van der Waals surface area contributed by atoms with Crippen LogP contribution in [-0.2, 0) is 16.0 Å². The molecule has 0 aromatic heterocycles. The number of carbonyl (C=O) groups excluding carboxylic acids is 2. The van der Waals surface area contributed by atoms with Crippen LogP contribution < -0.4 is 20.1 Å². The summed E-state index contributed by atoms with van der Waals surface area (Å²) in [6.07, 6.45) is 1.35. The van der Waals surface area contributed by atoms with Crippen LogP contribution in [0.4, 0.5) is 25.0 Å². The number of hydrogen-bond acceptors (Lipinski definition) is 4. The van der Waals surface area contributed by atoms with Crippen molar-refractivity contribution in [3.8, 4) is 5.75 Å². The number of methoxy groups -OCH3 is 1. The first kappa shape index (κ1) is 25.8. The smallest absolute Gasteiger partial charge is 0.327 e. The third-order valence-electron chi connectivity index (χ3n) is 7.03. The van der Waals surface area contributed by atoms with Crippen molar-refractivity contribution in [3.05, 3.63) is 47.5 Å². The lowest BCUT2D eigenvalue weighted by molar-refractivity contribution is -0.148. The molecular weight excluding hydrogens is 486 g/mol. The highest BCUT2D eigenvalue weighted by molar-refractivity contribution is 6.88. The number of amides is 2. The molecule has 1 atom stereocenters. The molecule has 1 heterocycles. The maximum absolute atomic E-state index is 14.8. The number of aryl methyl sites for hydroxylation is 1. The molecule has 0 bridgehead atoms. The highest BCUT2D eigenvalue weighted by atomic mass is 28.3. The number of nitrogens with one attached hydrogen (secondary N) is 1. The largest absolute Gasteiger partial charge is 0.497 e. The van der Waals surface area contributed by atoms with E-state index in [1.807, 2.05) is 19.6 Å². The summed E-state index contributed by atoms with van der Waals surface area (Å²) in [4.78, 5) is 39.4. The molecule has 0 radical (unpaired) electrons. The third-order valence-corrected chi connectivity index (χ3v) is 9.00. The van der Waals surface area contributed by atoms with Crippen molar-refractivity contribution < 1.29 is 33.0 Å². The Kier molecular flexibility index (Phi) is 6.92.